The van der Waals surface area contributed by atoms with Gasteiger partial charge in [-0.25, -0.2) is 4.98 Å². The van der Waals surface area contributed by atoms with E-state index in [9.17, 15) is 14.4 Å². The second kappa shape index (κ2) is 7.09. The topological polar surface area (TPSA) is 81.1 Å². The van der Waals surface area contributed by atoms with Gasteiger partial charge in [0.2, 0.25) is 5.91 Å². The van der Waals surface area contributed by atoms with Gasteiger partial charge in [-0.2, -0.15) is 0 Å². The van der Waals surface area contributed by atoms with Gasteiger partial charge < -0.3 is 9.88 Å². The van der Waals surface area contributed by atoms with Crippen molar-refractivity contribution in [2.75, 3.05) is 5.32 Å². The number of thioether (sulfide) groups is 1. The van der Waals surface area contributed by atoms with Crippen molar-refractivity contribution in [3.8, 4) is 0 Å². The molecule has 0 saturated carbocycles. The van der Waals surface area contributed by atoms with E-state index in [-0.39, 0.29) is 22.7 Å². The molecule has 140 valence electrons. The Labute approximate surface area is 166 Å². The molecule has 1 heterocycles. The van der Waals surface area contributed by atoms with Crippen LogP contribution in [-0.2, 0) is 11.8 Å². The molecule has 2 aromatic carbocycles. The van der Waals surface area contributed by atoms with Crippen LogP contribution in [0.2, 0.25) is 0 Å². The van der Waals surface area contributed by atoms with Crippen LogP contribution in [0.25, 0.3) is 0 Å². The summed E-state index contributed by atoms with van der Waals surface area (Å²) < 4.78 is 1.84. The van der Waals surface area contributed by atoms with E-state index < -0.39 is 0 Å². The average Bonchev–Trinajstić information content (AvgIpc) is 3.10. The van der Waals surface area contributed by atoms with Crippen molar-refractivity contribution in [1.29, 1.82) is 0 Å². The third-order valence-corrected chi connectivity index (χ3v) is 5.79. The molecule has 0 saturated heterocycles. The Bertz CT molecular complexity index is 1120. The van der Waals surface area contributed by atoms with Crippen molar-refractivity contribution in [1.82, 2.24) is 9.55 Å². The van der Waals surface area contributed by atoms with Gasteiger partial charge in [-0.3, -0.25) is 14.4 Å². The summed E-state index contributed by atoms with van der Waals surface area (Å²) in [5, 5.41) is 3.18. The highest BCUT2D eigenvalue weighted by Gasteiger charge is 2.29. The van der Waals surface area contributed by atoms with Gasteiger partial charge in [0.1, 0.15) is 0 Å². The molecule has 3 aromatic rings. The fraction of sp³-hybridized carbons (Fsp3) is 0.143. The predicted octanol–water partition coefficient (Wildman–Crippen LogP) is 3.31. The van der Waals surface area contributed by atoms with Crippen LogP contribution >= 0.6 is 11.8 Å². The number of ketones is 2. The molecule has 7 heteroatoms. The summed E-state index contributed by atoms with van der Waals surface area (Å²) in [7, 11) is 1.86. The highest BCUT2D eigenvalue weighted by molar-refractivity contribution is 8.00. The monoisotopic (exact) mass is 391 g/mol. The molecule has 1 aliphatic carbocycles. The molecule has 6 nitrogen and oxygen atoms in total. The number of benzene rings is 2. The van der Waals surface area contributed by atoms with Gasteiger partial charge in [0, 0.05) is 47.4 Å². The molecule has 1 aromatic heterocycles. The van der Waals surface area contributed by atoms with Crippen molar-refractivity contribution >= 4 is 34.9 Å². The van der Waals surface area contributed by atoms with Gasteiger partial charge in [0.05, 0.1) is 5.25 Å². The van der Waals surface area contributed by atoms with Gasteiger partial charge in [0.25, 0.3) is 0 Å². The van der Waals surface area contributed by atoms with Gasteiger partial charge >= 0.3 is 0 Å². The van der Waals surface area contributed by atoms with Crippen LogP contribution in [0.15, 0.2) is 60.0 Å². The number of aryl methyl sites for hydroxylation is 1. The van der Waals surface area contributed by atoms with Gasteiger partial charge in [-0.05, 0) is 25.1 Å². The zero-order chi connectivity index (χ0) is 19.8. The molecular formula is C21H17N3O3S. The minimum atomic E-state index is -0.379. The molecule has 0 bridgehead atoms. The number of aromatic nitrogens is 2. The molecule has 1 unspecified atom stereocenters. The minimum absolute atomic E-state index is 0.179. The van der Waals surface area contributed by atoms with Crippen LogP contribution in [0.1, 0.15) is 38.8 Å². The predicted molar refractivity (Wildman–Crippen MR) is 107 cm³/mol. The van der Waals surface area contributed by atoms with Crippen LogP contribution in [0.4, 0.5) is 5.69 Å². The maximum Gasteiger partial charge on any atom is 0.237 e. The Morgan fingerprint density at radius 3 is 2.32 bits per heavy atom. The smallest absolute Gasteiger partial charge is 0.237 e. The second-order valence-corrected chi connectivity index (χ2v) is 7.84. The average molecular weight is 391 g/mol. The quantitative estimate of drug-likeness (QED) is 0.540. The molecular weight excluding hydrogens is 374 g/mol. The third kappa shape index (κ3) is 3.14. The van der Waals surface area contributed by atoms with Gasteiger partial charge in [-0.1, -0.05) is 36.0 Å². The van der Waals surface area contributed by atoms with E-state index in [1.165, 1.54) is 11.8 Å². The molecule has 0 spiro atoms. The minimum Gasteiger partial charge on any atom is -0.329 e. The Morgan fingerprint density at radius 2 is 1.68 bits per heavy atom. The van der Waals surface area contributed by atoms with Crippen LogP contribution < -0.4 is 5.32 Å². The highest BCUT2D eigenvalue weighted by atomic mass is 32.2. The van der Waals surface area contributed by atoms with Crippen LogP contribution in [0, 0.1) is 0 Å². The normalized spacial score (nSPS) is 13.6. The van der Waals surface area contributed by atoms with Crippen LogP contribution in [-0.4, -0.2) is 32.3 Å². The molecule has 1 amide bonds. The molecule has 4 rings (SSSR count). The van der Waals surface area contributed by atoms with E-state index in [1.807, 2.05) is 17.8 Å². The Kier molecular flexibility index (Phi) is 4.60. The molecule has 0 aliphatic heterocycles. The van der Waals surface area contributed by atoms with Crippen LogP contribution in [0.3, 0.4) is 0 Å². The lowest BCUT2D eigenvalue weighted by Gasteiger charge is -2.18. The van der Waals surface area contributed by atoms with Crippen molar-refractivity contribution < 1.29 is 14.4 Å². The summed E-state index contributed by atoms with van der Waals surface area (Å²) in [6, 6.07) is 11.6. The number of imidazole rings is 1. The van der Waals surface area contributed by atoms with E-state index in [1.54, 1.807) is 55.6 Å². The number of rotatable bonds is 4. The number of hydrogen-bond acceptors (Lipinski definition) is 5. The lowest BCUT2D eigenvalue weighted by Crippen LogP contribution is -2.24. The van der Waals surface area contributed by atoms with E-state index in [2.05, 4.69) is 10.3 Å². The highest BCUT2D eigenvalue weighted by Crippen LogP contribution is 2.29. The zero-order valence-electron chi connectivity index (χ0n) is 15.3. The summed E-state index contributed by atoms with van der Waals surface area (Å²) in [4.78, 5) is 42.2. The van der Waals surface area contributed by atoms with Crippen LogP contribution in [0.5, 0.6) is 0 Å². The fourth-order valence-electron chi connectivity index (χ4n) is 3.10. The standard InChI is InChI=1S/C21H17N3O3S/c1-12(28-21-22-9-10-24(21)2)20(27)23-13-7-8-16-17(11-13)19(26)15-6-4-3-5-14(15)18(16)25/h3-12H,1-2H3,(H,23,27). The second-order valence-electron chi connectivity index (χ2n) is 6.53. The lowest BCUT2D eigenvalue weighted by atomic mass is 9.84. The first kappa shape index (κ1) is 18.2. The van der Waals surface area contributed by atoms with Gasteiger partial charge in [-0.15, -0.1) is 0 Å². The molecule has 0 fully saturated rings. The first-order valence-corrected chi connectivity index (χ1v) is 9.61. The van der Waals surface area contributed by atoms with E-state index in [0.717, 1.165) is 5.16 Å². The molecule has 1 atom stereocenters. The molecule has 1 aliphatic rings. The Balaban J connectivity index is 1.56. The van der Waals surface area contributed by atoms with Crippen molar-refractivity contribution in [2.24, 2.45) is 7.05 Å². The zero-order valence-corrected chi connectivity index (χ0v) is 16.1. The maximum absolute atomic E-state index is 12.8. The summed E-state index contributed by atoms with van der Waals surface area (Å²) in [6.07, 6.45) is 3.49. The third-order valence-electron chi connectivity index (χ3n) is 4.62. The number of carbonyl (C=O) groups is 3. The van der Waals surface area contributed by atoms with E-state index in [0.29, 0.717) is 27.9 Å². The molecule has 1 N–H and O–H groups in total. The van der Waals surface area contributed by atoms with E-state index >= 15 is 0 Å². The van der Waals surface area contributed by atoms with E-state index in [4.69, 9.17) is 0 Å². The van der Waals surface area contributed by atoms with Gasteiger partial charge in [0.15, 0.2) is 16.7 Å². The SMILES string of the molecule is CC(Sc1nccn1C)C(=O)Nc1ccc2c(c1)C(=O)c1ccccc1C2=O. The fourth-order valence-corrected chi connectivity index (χ4v) is 3.93. The Morgan fingerprint density at radius 1 is 1.04 bits per heavy atom. The number of nitrogens with one attached hydrogen (secondary N) is 1. The summed E-state index contributed by atoms with van der Waals surface area (Å²) in [5.41, 5.74) is 1.96. The molecule has 0 radical (unpaired) electrons. The Hall–Kier alpha value is -3.19. The van der Waals surface area contributed by atoms with Crippen molar-refractivity contribution in [2.45, 2.75) is 17.3 Å². The lowest BCUT2D eigenvalue weighted by molar-refractivity contribution is -0.115. The van der Waals surface area contributed by atoms with Crippen molar-refractivity contribution in [3.05, 3.63) is 77.1 Å². The molecule has 28 heavy (non-hydrogen) atoms. The number of amides is 1. The number of carbonyl (C=O) groups excluding carboxylic acids is 3. The number of anilines is 1. The summed E-state index contributed by atoms with van der Waals surface area (Å²) in [5.74, 6) is -0.596. The first-order valence-electron chi connectivity index (χ1n) is 8.73. The first-order chi connectivity index (χ1) is 13.5. The number of nitrogens with zero attached hydrogens (tertiary/aromatic N) is 2. The largest absolute Gasteiger partial charge is 0.329 e. The summed E-state index contributed by atoms with van der Waals surface area (Å²) >= 11 is 1.34. The number of fused-ring (bicyclic) bond motifs is 2. The number of hydrogen-bond donors (Lipinski definition) is 1. The maximum atomic E-state index is 12.8. The summed E-state index contributed by atoms with van der Waals surface area (Å²) in [6.45, 7) is 1.79. The van der Waals surface area contributed by atoms with Crippen molar-refractivity contribution in [3.63, 3.8) is 0 Å².